The van der Waals surface area contributed by atoms with Crippen LogP contribution in [0.1, 0.15) is 32.0 Å². The highest BCUT2D eigenvalue weighted by molar-refractivity contribution is 5.50. The fourth-order valence-corrected chi connectivity index (χ4v) is 1.57. The monoisotopic (exact) mass is 337 g/mol. The van der Waals surface area contributed by atoms with Crippen molar-refractivity contribution < 1.29 is 19.3 Å². The van der Waals surface area contributed by atoms with Gasteiger partial charge < -0.3 is 14.9 Å². The van der Waals surface area contributed by atoms with Gasteiger partial charge in [-0.3, -0.25) is 4.98 Å². The quantitative estimate of drug-likeness (QED) is 0.882. The zero-order chi connectivity index (χ0) is 18.8. The first-order valence-electron chi connectivity index (χ1n) is 7.64. The number of benzene rings is 1. The van der Waals surface area contributed by atoms with Crippen LogP contribution >= 0.6 is 0 Å². The molecule has 0 aliphatic rings. The van der Waals surface area contributed by atoms with Gasteiger partial charge in [-0.15, -0.1) is 0 Å². The highest BCUT2D eigenvalue weighted by Gasteiger charge is 2.04. The number of halogens is 1. The van der Waals surface area contributed by atoms with Gasteiger partial charge in [-0.25, -0.2) is 4.39 Å². The van der Waals surface area contributed by atoms with Gasteiger partial charge in [0.05, 0.1) is 5.69 Å². The summed E-state index contributed by atoms with van der Waals surface area (Å²) in [6.45, 7) is 6.16. The molecular weight excluding hydrogens is 309 g/mol. The first kappa shape index (κ1) is 24.0. The van der Waals surface area contributed by atoms with E-state index in [2.05, 4.69) is 4.98 Å². The molecule has 0 unspecified atom stereocenters. The van der Waals surface area contributed by atoms with E-state index in [1.165, 1.54) is 6.07 Å². The number of nitrogens with zero attached hydrogens (tertiary/aromatic N) is 1. The van der Waals surface area contributed by atoms with Crippen LogP contribution in [0.4, 0.5) is 4.39 Å². The highest BCUT2D eigenvalue weighted by atomic mass is 19.1. The van der Waals surface area contributed by atoms with E-state index in [0.717, 1.165) is 25.5 Å². The molecule has 0 aliphatic carbocycles. The summed E-state index contributed by atoms with van der Waals surface area (Å²) in [5, 5.41) is 14.0. The minimum atomic E-state index is -0.360. The first-order valence-corrected chi connectivity index (χ1v) is 7.64. The lowest BCUT2D eigenvalue weighted by Gasteiger charge is -2.07. The summed E-state index contributed by atoms with van der Waals surface area (Å²) in [6, 6.07) is 10.4. The summed E-state index contributed by atoms with van der Waals surface area (Å²) >= 11 is 0. The summed E-state index contributed by atoms with van der Waals surface area (Å²) in [4.78, 5) is 4.11. The van der Waals surface area contributed by atoms with Crippen molar-refractivity contribution in [3.8, 4) is 5.75 Å². The molecule has 1 heterocycles. The smallest absolute Gasteiger partial charge is 0.165 e. The van der Waals surface area contributed by atoms with Crippen LogP contribution < -0.4 is 4.74 Å². The molecule has 0 saturated heterocycles. The van der Waals surface area contributed by atoms with E-state index in [1.807, 2.05) is 57.2 Å². The standard InChI is InChI=1S/C15H14FNO.C2H6.2CH4O/c1-2-5-12-7-8-15(14(16)10-12)18-11-13-6-3-4-9-17-13;3*1-2/h2-10H,11H2,1H3;1-2H3;2*2H,1H3/b5-2+;;;. The van der Waals surface area contributed by atoms with Gasteiger partial charge in [-0.2, -0.15) is 0 Å². The topological polar surface area (TPSA) is 62.6 Å². The summed E-state index contributed by atoms with van der Waals surface area (Å²) in [7, 11) is 2.00. The van der Waals surface area contributed by atoms with Crippen LogP contribution in [0.2, 0.25) is 0 Å². The van der Waals surface area contributed by atoms with Crippen molar-refractivity contribution in [2.45, 2.75) is 27.4 Å². The molecular formula is C19H28FNO3. The van der Waals surface area contributed by atoms with E-state index in [1.54, 1.807) is 12.3 Å². The van der Waals surface area contributed by atoms with Crippen LogP contribution in [-0.4, -0.2) is 29.4 Å². The summed E-state index contributed by atoms with van der Waals surface area (Å²) in [6.07, 6.45) is 5.39. The van der Waals surface area contributed by atoms with Crippen molar-refractivity contribution in [2.75, 3.05) is 14.2 Å². The number of aliphatic hydroxyl groups is 2. The molecule has 2 N–H and O–H groups in total. The zero-order valence-electron chi connectivity index (χ0n) is 15.0. The lowest BCUT2D eigenvalue weighted by Crippen LogP contribution is -1.99. The van der Waals surface area contributed by atoms with Crippen LogP contribution in [0, 0.1) is 5.82 Å². The van der Waals surface area contributed by atoms with Gasteiger partial charge in [0.15, 0.2) is 11.6 Å². The molecule has 0 amide bonds. The molecule has 24 heavy (non-hydrogen) atoms. The Balaban J connectivity index is 0. The average molecular weight is 337 g/mol. The molecule has 0 spiro atoms. The highest BCUT2D eigenvalue weighted by Crippen LogP contribution is 2.20. The number of ether oxygens (including phenoxy) is 1. The van der Waals surface area contributed by atoms with Crippen LogP contribution in [0.5, 0.6) is 5.75 Å². The number of aromatic nitrogens is 1. The van der Waals surface area contributed by atoms with Gasteiger partial charge in [0.25, 0.3) is 0 Å². The molecule has 0 atom stereocenters. The van der Waals surface area contributed by atoms with Gasteiger partial charge in [0, 0.05) is 20.4 Å². The minimum absolute atomic E-state index is 0.244. The fourth-order valence-electron chi connectivity index (χ4n) is 1.57. The molecule has 5 heteroatoms. The molecule has 0 saturated carbocycles. The Hall–Kier alpha value is -2.24. The summed E-state index contributed by atoms with van der Waals surface area (Å²) < 4.78 is 19.1. The van der Waals surface area contributed by atoms with Gasteiger partial charge in [-0.1, -0.05) is 38.1 Å². The van der Waals surface area contributed by atoms with Crippen molar-refractivity contribution in [3.63, 3.8) is 0 Å². The molecule has 0 bridgehead atoms. The van der Waals surface area contributed by atoms with E-state index in [4.69, 9.17) is 14.9 Å². The Labute approximate surface area is 144 Å². The van der Waals surface area contributed by atoms with Crippen molar-refractivity contribution in [1.82, 2.24) is 4.98 Å². The van der Waals surface area contributed by atoms with Crippen LogP contribution in [-0.2, 0) is 6.61 Å². The molecule has 4 nitrogen and oxygen atoms in total. The Morgan fingerprint density at radius 1 is 1.08 bits per heavy atom. The van der Waals surface area contributed by atoms with E-state index in [9.17, 15) is 4.39 Å². The third-order valence-electron chi connectivity index (χ3n) is 2.42. The number of pyridine rings is 1. The Morgan fingerprint density at radius 2 is 1.75 bits per heavy atom. The van der Waals surface area contributed by atoms with Crippen LogP contribution in [0.25, 0.3) is 6.08 Å². The van der Waals surface area contributed by atoms with Crippen molar-refractivity contribution in [2.24, 2.45) is 0 Å². The lowest BCUT2D eigenvalue weighted by atomic mass is 10.2. The molecule has 0 aliphatic heterocycles. The van der Waals surface area contributed by atoms with Crippen molar-refractivity contribution >= 4 is 6.08 Å². The van der Waals surface area contributed by atoms with Gasteiger partial charge in [0.1, 0.15) is 6.61 Å². The maximum Gasteiger partial charge on any atom is 0.165 e. The predicted molar refractivity (Wildman–Crippen MR) is 97.3 cm³/mol. The van der Waals surface area contributed by atoms with E-state index in [-0.39, 0.29) is 18.2 Å². The Morgan fingerprint density at radius 3 is 2.25 bits per heavy atom. The fraction of sp³-hybridized carbons (Fsp3) is 0.316. The molecule has 2 aromatic rings. The molecule has 0 radical (unpaired) electrons. The second kappa shape index (κ2) is 17.1. The van der Waals surface area contributed by atoms with Crippen molar-refractivity contribution in [1.29, 1.82) is 0 Å². The average Bonchev–Trinajstić information content (AvgIpc) is 2.67. The number of aliphatic hydroxyl groups excluding tert-OH is 2. The number of hydrogen-bond donors (Lipinski definition) is 2. The summed E-state index contributed by atoms with van der Waals surface area (Å²) in [5.41, 5.74) is 1.59. The molecule has 1 aromatic heterocycles. The molecule has 2 rings (SSSR count). The second-order valence-corrected chi connectivity index (χ2v) is 3.80. The first-order chi connectivity index (χ1) is 11.8. The number of allylic oxidation sites excluding steroid dienone is 1. The molecule has 0 fully saturated rings. The van der Waals surface area contributed by atoms with E-state index >= 15 is 0 Å². The SMILES string of the molecule is C/C=C/c1ccc(OCc2ccccn2)c(F)c1.CC.CO.CO. The maximum atomic E-state index is 13.7. The second-order valence-electron chi connectivity index (χ2n) is 3.80. The molecule has 1 aromatic carbocycles. The third kappa shape index (κ3) is 9.71. The largest absolute Gasteiger partial charge is 0.484 e. The summed E-state index contributed by atoms with van der Waals surface area (Å²) in [5.74, 6) is -0.115. The van der Waals surface area contributed by atoms with E-state index in [0.29, 0.717) is 0 Å². The lowest BCUT2D eigenvalue weighted by molar-refractivity contribution is 0.286. The van der Waals surface area contributed by atoms with Gasteiger partial charge in [0.2, 0.25) is 0 Å². The third-order valence-corrected chi connectivity index (χ3v) is 2.42. The Bertz CT molecular complexity index is 546. The van der Waals surface area contributed by atoms with Crippen LogP contribution in [0.3, 0.4) is 0 Å². The zero-order valence-corrected chi connectivity index (χ0v) is 15.0. The van der Waals surface area contributed by atoms with E-state index < -0.39 is 0 Å². The maximum absolute atomic E-state index is 13.7. The van der Waals surface area contributed by atoms with Crippen LogP contribution in [0.15, 0.2) is 48.7 Å². The minimum Gasteiger partial charge on any atom is -0.484 e. The van der Waals surface area contributed by atoms with Crippen molar-refractivity contribution in [3.05, 3.63) is 65.7 Å². The predicted octanol–water partition coefficient (Wildman–Crippen LogP) is 4.08. The number of hydrogen-bond acceptors (Lipinski definition) is 4. The van der Waals surface area contributed by atoms with Gasteiger partial charge >= 0.3 is 0 Å². The normalized spacial score (nSPS) is 8.83. The molecule has 134 valence electrons. The van der Waals surface area contributed by atoms with Gasteiger partial charge in [-0.05, 0) is 36.8 Å². The Kier molecular flexibility index (Phi) is 17.1. The number of rotatable bonds is 4.